The molecule has 5 aromatic rings. The largest absolute Gasteiger partial charge is 0.489 e. The van der Waals surface area contributed by atoms with Crippen LogP contribution < -0.4 is 10.2 Å². The highest BCUT2D eigenvalue weighted by Crippen LogP contribution is 2.21. The van der Waals surface area contributed by atoms with E-state index in [1.54, 1.807) is 42.0 Å². The molecule has 0 N–H and O–H groups in total. The molecule has 0 amide bonds. The summed E-state index contributed by atoms with van der Waals surface area (Å²) in [7, 11) is 0. The molecular formula is C24H18N2O3S. The number of thiophene rings is 1. The Morgan fingerprint density at radius 1 is 1.07 bits per heavy atom. The quantitative estimate of drug-likeness (QED) is 0.383. The summed E-state index contributed by atoms with van der Waals surface area (Å²) in [6, 6.07) is 17.3. The first-order chi connectivity index (χ1) is 14.8. The second-order valence-electron chi connectivity index (χ2n) is 6.97. The molecule has 0 fully saturated rings. The van der Waals surface area contributed by atoms with Gasteiger partial charge in [-0.3, -0.25) is 4.79 Å². The number of para-hydroxylation sites is 1. The zero-order chi connectivity index (χ0) is 20.3. The second kappa shape index (κ2) is 8.00. The van der Waals surface area contributed by atoms with Crippen molar-refractivity contribution >= 4 is 22.3 Å². The Bertz CT molecular complexity index is 1340. The molecule has 0 aliphatic carbocycles. The van der Waals surface area contributed by atoms with E-state index in [4.69, 9.17) is 9.15 Å². The fourth-order valence-electron chi connectivity index (χ4n) is 3.30. The van der Waals surface area contributed by atoms with Gasteiger partial charge in [0.05, 0.1) is 23.5 Å². The zero-order valence-electron chi connectivity index (χ0n) is 16.0. The summed E-state index contributed by atoms with van der Waals surface area (Å²) in [6.45, 7) is 0.374. The molecular weight excluding hydrogens is 396 g/mol. The molecule has 0 radical (unpaired) electrons. The highest BCUT2D eigenvalue weighted by molar-refractivity contribution is 7.07. The van der Waals surface area contributed by atoms with Crippen molar-refractivity contribution in [2.45, 2.75) is 13.0 Å². The number of hydrogen-bond donors (Lipinski definition) is 0. The molecule has 0 spiro atoms. The van der Waals surface area contributed by atoms with Gasteiger partial charge in [0.2, 0.25) is 0 Å². The van der Waals surface area contributed by atoms with Crippen molar-refractivity contribution in [1.29, 1.82) is 0 Å². The van der Waals surface area contributed by atoms with Crippen LogP contribution in [0.15, 0.2) is 93.2 Å². The molecule has 148 valence electrons. The summed E-state index contributed by atoms with van der Waals surface area (Å²) in [6.07, 6.45) is 5.85. The monoisotopic (exact) mass is 414 g/mol. The first-order valence-electron chi connectivity index (χ1n) is 9.53. The summed E-state index contributed by atoms with van der Waals surface area (Å²) in [5, 5.41) is 8.99. The molecule has 0 aliphatic heterocycles. The van der Waals surface area contributed by atoms with Crippen LogP contribution in [0.2, 0.25) is 0 Å². The summed E-state index contributed by atoms with van der Waals surface area (Å²) in [4.78, 5) is 12.8. The summed E-state index contributed by atoms with van der Waals surface area (Å²) >= 11 is 1.62. The molecule has 3 heterocycles. The summed E-state index contributed by atoms with van der Waals surface area (Å²) in [5.74, 6) is 0.642. The first-order valence-corrected chi connectivity index (χ1v) is 10.5. The molecule has 0 atom stereocenters. The van der Waals surface area contributed by atoms with Gasteiger partial charge in [0, 0.05) is 29.8 Å². The molecule has 0 bridgehead atoms. The highest BCUT2D eigenvalue weighted by atomic mass is 32.1. The van der Waals surface area contributed by atoms with Gasteiger partial charge < -0.3 is 9.15 Å². The summed E-state index contributed by atoms with van der Waals surface area (Å²) < 4.78 is 13.4. The fraction of sp³-hybridized carbons (Fsp3) is 0.0833. The number of aromatic nitrogens is 2. The molecule has 30 heavy (non-hydrogen) atoms. The standard InChI is InChI=1S/C24H18N2O3S/c27-24-19(10-17-8-9-30-16-17)15-29-23-11-21(6-7-22(23)24)28-14-18-12-25-26(13-18)20-4-2-1-3-5-20/h1-9,11-13,15-16H,10,14H2. The van der Waals surface area contributed by atoms with Gasteiger partial charge in [0.1, 0.15) is 17.9 Å². The van der Waals surface area contributed by atoms with Gasteiger partial charge in [-0.15, -0.1) is 0 Å². The van der Waals surface area contributed by atoms with Crippen LogP contribution in [0.5, 0.6) is 5.75 Å². The average Bonchev–Trinajstić information content (AvgIpc) is 3.47. The lowest BCUT2D eigenvalue weighted by molar-refractivity contribution is 0.306. The molecule has 0 saturated heterocycles. The molecule has 5 rings (SSSR count). The van der Waals surface area contributed by atoms with Gasteiger partial charge in [0.15, 0.2) is 5.43 Å². The minimum Gasteiger partial charge on any atom is -0.489 e. The van der Waals surface area contributed by atoms with Crippen molar-refractivity contribution in [3.8, 4) is 11.4 Å². The zero-order valence-corrected chi connectivity index (χ0v) is 16.8. The normalized spacial score (nSPS) is 11.1. The molecule has 0 aliphatic rings. The maximum absolute atomic E-state index is 12.8. The van der Waals surface area contributed by atoms with Crippen molar-refractivity contribution in [3.05, 3.63) is 111 Å². The average molecular weight is 414 g/mol. The number of nitrogens with zero attached hydrogens (tertiary/aromatic N) is 2. The van der Waals surface area contributed by atoms with Crippen LogP contribution in [0.3, 0.4) is 0 Å². The number of rotatable bonds is 6. The maximum Gasteiger partial charge on any atom is 0.196 e. The fourth-order valence-corrected chi connectivity index (χ4v) is 3.97. The molecule has 5 nitrogen and oxygen atoms in total. The lowest BCUT2D eigenvalue weighted by Gasteiger charge is -2.06. The van der Waals surface area contributed by atoms with Crippen molar-refractivity contribution in [2.24, 2.45) is 0 Å². The van der Waals surface area contributed by atoms with Crippen LogP contribution in [-0.4, -0.2) is 9.78 Å². The van der Waals surface area contributed by atoms with Crippen LogP contribution in [0.25, 0.3) is 16.7 Å². The molecule has 3 aromatic heterocycles. The Morgan fingerprint density at radius 3 is 2.80 bits per heavy atom. The van der Waals surface area contributed by atoms with Crippen LogP contribution in [0.4, 0.5) is 0 Å². The van der Waals surface area contributed by atoms with Crippen LogP contribution >= 0.6 is 11.3 Å². The minimum atomic E-state index is -0.00172. The van der Waals surface area contributed by atoms with E-state index in [0.29, 0.717) is 35.3 Å². The third-order valence-electron chi connectivity index (χ3n) is 4.85. The van der Waals surface area contributed by atoms with Crippen LogP contribution in [0, 0.1) is 0 Å². The molecule has 6 heteroatoms. The minimum absolute atomic E-state index is 0.00172. The van der Waals surface area contributed by atoms with Crippen LogP contribution in [0.1, 0.15) is 16.7 Å². The van der Waals surface area contributed by atoms with Crippen molar-refractivity contribution in [3.63, 3.8) is 0 Å². The van der Waals surface area contributed by atoms with Crippen molar-refractivity contribution in [1.82, 2.24) is 9.78 Å². The second-order valence-corrected chi connectivity index (χ2v) is 7.75. The third kappa shape index (κ3) is 3.77. The molecule has 0 saturated carbocycles. The van der Waals surface area contributed by atoms with E-state index in [1.807, 2.05) is 58.0 Å². The van der Waals surface area contributed by atoms with E-state index in [2.05, 4.69) is 5.10 Å². The summed E-state index contributed by atoms with van der Waals surface area (Å²) in [5.41, 5.74) is 4.23. The van der Waals surface area contributed by atoms with Crippen LogP contribution in [-0.2, 0) is 13.0 Å². The molecule has 2 aromatic carbocycles. The van der Waals surface area contributed by atoms with Crippen molar-refractivity contribution in [2.75, 3.05) is 0 Å². The predicted octanol–water partition coefficient (Wildman–Crippen LogP) is 5.21. The number of hydrogen-bond acceptors (Lipinski definition) is 5. The Balaban J connectivity index is 1.32. The smallest absolute Gasteiger partial charge is 0.196 e. The Labute approximate surface area is 176 Å². The number of benzene rings is 2. The highest BCUT2D eigenvalue weighted by Gasteiger charge is 2.10. The van der Waals surface area contributed by atoms with E-state index in [-0.39, 0.29) is 5.43 Å². The van der Waals surface area contributed by atoms with E-state index in [1.165, 1.54) is 0 Å². The van der Waals surface area contributed by atoms with E-state index < -0.39 is 0 Å². The lowest BCUT2D eigenvalue weighted by Crippen LogP contribution is -2.09. The van der Waals surface area contributed by atoms with Crippen molar-refractivity contribution < 1.29 is 9.15 Å². The number of ether oxygens (including phenoxy) is 1. The number of fused-ring (bicyclic) bond motifs is 1. The topological polar surface area (TPSA) is 57.3 Å². The molecule has 0 unspecified atom stereocenters. The van der Waals surface area contributed by atoms with E-state index >= 15 is 0 Å². The Hall–Kier alpha value is -3.64. The van der Waals surface area contributed by atoms with Gasteiger partial charge in [-0.2, -0.15) is 16.4 Å². The van der Waals surface area contributed by atoms with Gasteiger partial charge >= 0.3 is 0 Å². The van der Waals surface area contributed by atoms with Gasteiger partial charge in [-0.05, 0) is 46.7 Å². The lowest BCUT2D eigenvalue weighted by atomic mass is 10.1. The predicted molar refractivity (Wildman–Crippen MR) is 118 cm³/mol. The van der Waals surface area contributed by atoms with Gasteiger partial charge in [0.25, 0.3) is 0 Å². The Morgan fingerprint density at radius 2 is 1.97 bits per heavy atom. The third-order valence-corrected chi connectivity index (χ3v) is 5.59. The Kier molecular flexibility index (Phi) is 4.91. The van der Waals surface area contributed by atoms with Gasteiger partial charge in [-0.1, -0.05) is 18.2 Å². The SMILES string of the molecule is O=c1c(Cc2ccsc2)coc2cc(OCc3cnn(-c4ccccc4)c3)ccc12. The van der Waals surface area contributed by atoms with Gasteiger partial charge in [-0.25, -0.2) is 4.68 Å². The van der Waals surface area contributed by atoms with E-state index in [9.17, 15) is 4.79 Å². The van der Waals surface area contributed by atoms with E-state index in [0.717, 1.165) is 16.8 Å². The first kappa shape index (κ1) is 18.4. The maximum atomic E-state index is 12.8.